The highest BCUT2D eigenvalue weighted by Gasteiger charge is 2.35. The summed E-state index contributed by atoms with van der Waals surface area (Å²) in [5, 5.41) is 3.85. The average Bonchev–Trinajstić information content (AvgIpc) is 2.89. The maximum absolute atomic E-state index is 12.9. The minimum atomic E-state index is -4.82. The molecule has 1 aromatic carbocycles. The molecule has 0 atom stereocenters. The molecule has 0 N–H and O–H groups in total. The van der Waals surface area contributed by atoms with E-state index < -0.39 is 24.0 Å². The summed E-state index contributed by atoms with van der Waals surface area (Å²) in [5.74, 6) is -0.439. The largest absolute Gasteiger partial charge is 0.573 e. The number of rotatable bonds is 2. The molecule has 0 aliphatic rings. The van der Waals surface area contributed by atoms with Gasteiger partial charge >= 0.3 is 12.5 Å². The Kier molecular flexibility index (Phi) is 3.61. The second-order valence-corrected chi connectivity index (χ2v) is 4.70. The molecule has 2 aromatic heterocycles. The smallest absolute Gasteiger partial charge is 0.406 e. The lowest BCUT2D eigenvalue weighted by molar-refractivity contribution is -0.274. The van der Waals surface area contributed by atoms with Crippen LogP contribution in [0.3, 0.4) is 0 Å². The van der Waals surface area contributed by atoms with E-state index in [0.29, 0.717) is 16.3 Å². The molecule has 4 nitrogen and oxygen atoms in total. The van der Waals surface area contributed by atoms with Crippen molar-refractivity contribution in [2.45, 2.75) is 12.5 Å². The van der Waals surface area contributed by atoms with Crippen LogP contribution < -0.4 is 4.74 Å². The molecule has 0 fully saturated rings. The molecule has 24 heavy (non-hydrogen) atoms. The predicted molar refractivity (Wildman–Crippen MR) is 70.1 cm³/mol. The third kappa shape index (κ3) is 3.26. The first-order valence-electron chi connectivity index (χ1n) is 6.42. The van der Waals surface area contributed by atoms with Gasteiger partial charge in [0.25, 0.3) is 0 Å². The first kappa shape index (κ1) is 16.1. The molecule has 0 amide bonds. The molecule has 0 saturated heterocycles. The number of nitrogens with zero attached hydrogens (tertiary/aromatic N) is 3. The zero-order valence-electron chi connectivity index (χ0n) is 11.6. The third-order valence-electron chi connectivity index (χ3n) is 3.04. The van der Waals surface area contributed by atoms with Crippen molar-refractivity contribution in [3.05, 3.63) is 48.3 Å². The van der Waals surface area contributed by atoms with Crippen molar-refractivity contribution in [3.8, 4) is 17.0 Å². The van der Waals surface area contributed by atoms with Gasteiger partial charge in [-0.05, 0) is 36.4 Å². The summed E-state index contributed by atoms with van der Waals surface area (Å²) in [6.45, 7) is 0. The number of aromatic nitrogens is 3. The second-order valence-electron chi connectivity index (χ2n) is 4.70. The first-order chi connectivity index (χ1) is 11.1. The molecule has 3 rings (SSSR count). The van der Waals surface area contributed by atoms with Gasteiger partial charge in [-0.3, -0.25) is 0 Å². The van der Waals surface area contributed by atoms with E-state index >= 15 is 0 Å². The maximum atomic E-state index is 12.9. The van der Waals surface area contributed by atoms with E-state index in [4.69, 9.17) is 0 Å². The second kappa shape index (κ2) is 5.39. The Labute approximate surface area is 130 Å². The lowest BCUT2D eigenvalue weighted by Crippen LogP contribution is -2.16. The normalized spacial score (nSPS) is 12.6. The molecule has 0 aliphatic heterocycles. The van der Waals surface area contributed by atoms with Crippen LogP contribution >= 0.6 is 0 Å². The molecular weight excluding hydrogens is 340 g/mol. The van der Waals surface area contributed by atoms with Crippen molar-refractivity contribution >= 4 is 5.65 Å². The standard InChI is InChI=1S/C14H7F6N3O/c15-13(16,17)11-7-21-12-6-5-10(22-23(11)12)8-1-3-9(4-2-8)24-14(18,19)20/h1-7H. The van der Waals surface area contributed by atoms with Crippen LogP contribution in [-0.2, 0) is 6.18 Å². The van der Waals surface area contributed by atoms with Gasteiger partial charge in [-0.25, -0.2) is 9.50 Å². The highest BCUT2D eigenvalue weighted by Crippen LogP contribution is 2.30. The summed E-state index contributed by atoms with van der Waals surface area (Å²) in [4.78, 5) is 3.61. The third-order valence-corrected chi connectivity index (χ3v) is 3.04. The molecule has 126 valence electrons. The number of ether oxygens (including phenoxy) is 1. The van der Waals surface area contributed by atoms with Crippen LogP contribution in [0, 0.1) is 0 Å². The van der Waals surface area contributed by atoms with Crippen molar-refractivity contribution < 1.29 is 31.1 Å². The van der Waals surface area contributed by atoms with Crippen molar-refractivity contribution in [2.75, 3.05) is 0 Å². The van der Waals surface area contributed by atoms with Crippen molar-refractivity contribution in [1.29, 1.82) is 0 Å². The van der Waals surface area contributed by atoms with Crippen LogP contribution in [0.5, 0.6) is 5.75 Å². The average molecular weight is 347 g/mol. The Hall–Kier alpha value is -2.78. The quantitative estimate of drug-likeness (QED) is 0.649. The van der Waals surface area contributed by atoms with Gasteiger partial charge in [0.15, 0.2) is 11.3 Å². The summed E-state index contributed by atoms with van der Waals surface area (Å²) in [5.41, 5.74) is -0.572. The summed E-state index contributed by atoms with van der Waals surface area (Å²) >= 11 is 0. The topological polar surface area (TPSA) is 39.4 Å². The van der Waals surface area contributed by atoms with Gasteiger partial charge in [-0.2, -0.15) is 18.3 Å². The zero-order chi connectivity index (χ0) is 17.5. The van der Waals surface area contributed by atoms with Gasteiger partial charge < -0.3 is 4.74 Å². The van der Waals surface area contributed by atoms with Gasteiger partial charge in [0.1, 0.15) is 5.75 Å². The van der Waals surface area contributed by atoms with E-state index in [1.54, 1.807) is 0 Å². The highest BCUT2D eigenvalue weighted by molar-refractivity contribution is 5.61. The van der Waals surface area contributed by atoms with Crippen LogP contribution in [0.2, 0.25) is 0 Å². The summed E-state index contributed by atoms with van der Waals surface area (Å²) in [7, 11) is 0. The molecule has 0 bridgehead atoms. The number of hydrogen-bond donors (Lipinski definition) is 0. The molecule has 0 spiro atoms. The lowest BCUT2D eigenvalue weighted by Gasteiger charge is -2.09. The molecule has 10 heteroatoms. The fraction of sp³-hybridized carbons (Fsp3) is 0.143. The number of fused-ring (bicyclic) bond motifs is 1. The highest BCUT2D eigenvalue weighted by atomic mass is 19.4. The summed E-state index contributed by atoms with van der Waals surface area (Å²) in [6.07, 6.45) is -8.79. The first-order valence-corrected chi connectivity index (χ1v) is 6.42. The Morgan fingerprint density at radius 1 is 0.875 bits per heavy atom. The monoisotopic (exact) mass is 347 g/mol. The van der Waals surface area contributed by atoms with Crippen molar-refractivity contribution in [2.24, 2.45) is 0 Å². The van der Waals surface area contributed by atoms with Crippen molar-refractivity contribution in [3.63, 3.8) is 0 Å². The van der Waals surface area contributed by atoms with E-state index in [2.05, 4.69) is 14.8 Å². The van der Waals surface area contributed by atoms with Crippen LogP contribution in [0.25, 0.3) is 16.9 Å². The van der Waals surface area contributed by atoms with E-state index in [-0.39, 0.29) is 11.3 Å². The van der Waals surface area contributed by atoms with Gasteiger partial charge in [0, 0.05) is 5.56 Å². The number of benzene rings is 1. The van der Waals surface area contributed by atoms with Crippen LogP contribution in [-0.4, -0.2) is 21.0 Å². The molecular formula is C14H7F6N3O. The number of halogens is 6. The Balaban J connectivity index is 1.97. The molecule has 0 radical (unpaired) electrons. The molecule has 3 aromatic rings. The molecule has 0 aliphatic carbocycles. The fourth-order valence-corrected chi connectivity index (χ4v) is 2.05. The van der Waals surface area contributed by atoms with E-state index in [1.807, 2.05) is 0 Å². The van der Waals surface area contributed by atoms with Crippen LogP contribution in [0.15, 0.2) is 42.6 Å². The van der Waals surface area contributed by atoms with E-state index in [1.165, 1.54) is 24.3 Å². The fourth-order valence-electron chi connectivity index (χ4n) is 2.05. The predicted octanol–water partition coefficient (Wildman–Crippen LogP) is 4.31. The van der Waals surface area contributed by atoms with E-state index in [9.17, 15) is 26.3 Å². The Bertz CT molecular complexity index is 867. The summed E-state index contributed by atoms with van der Waals surface area (Å²) in [6, 6.07) is 7.37. The molecule has 2 heterocycles. The minimum Gasteiger partial charge on any atom is -0.406 e. The number of imidazole rings is 1. The van der Waals surface area contributed by atoms with Gasteiger partial charge in [0.2, 0.25) is 0 Å². The van der Waals surface area contributed by atoms with Crippen LogP contribution in [0.4, 0.5) is 26.3 Å². The maximum Gasteiger partial charge on any atom is 0.573 e. The van der Waals surface area contributed by atoms with Gasteiger partial charge in [0.05, 0.1) is 11.9 Å². The van der Waals surface area contributed by atoms with E-state index in [0.717, 1.165) is 12.1 Å². The molecule has 0 unspecified atom stereocenters. The van der Waals surface area contributed by atoms with Gasteiger partial charge in [-0.15, -0.1) is 13.2 Å². The number of alkyl halides is 6. The minimum absolute atomic E-state index is 0.00287. The van der Waals surface area contributed by atoms with Crippen LogP contribution in [0.1, 0.15) is 5.69 Å². The summed E-state index contributed by atoms with van der Waals surface area (Å²) < 4.78 is 79.3. The molecule has 0 saturated carbocycles. The van der Waals surface area contributed by atoms with Crippen molar-refractivity contribution in [1.82, 2.24) is 14.6 Å². The SMILES string of the molecule is FC(F)(F)Oc1ccc(-c2ccc3ncc(C(F)(F)F)n3n2)cc1. The van der Waals surface area contributed by atoms with Gasteiger partial charge in [-0.1, -0.05) is 0 Å². The Morgan fingerprint density at radius 2 is 1.54 bits per heavy atom. The zero-order valence-corrected chi connectivity index (χ0v) is 11.6. The number of hydrogen-bond acceptors (Lipinski definition) is 3. The lowest BCUT2D eigenvalue weighted by atomic mass is 10.1. The Morgan fingerprint density at radius 3 is 2.12 bits per heavy atom.